The summed E-state index contributed by atoms with van der Waals surface area (Å²) in [5, 5.41) is 11.1. The first kappa shape index (κ1) is 22.0. The molecular weight excluding hydrogens is 372 g/mol. The van der Waals surface area contributed by atoms with Crippen molar-refractivity contribution in [3.63, 3.8) is 0 Å². The molecule has 0 bridgehead atoms. The number of nitrogens with zero attached hydrogens (tertiary/aromatic N) is 3. The van der Waals surface area contributed by atoms with Gasteiger partial charge >= 0.3 is 0 Å². The smallest absolute Gasteiger partial charge is 0.297 e. The number of H-pyrrole nitrogens is 1. The van der Waals surface area contributed by atoms with Crippen molar-refractivity contribution in [1.82, 2.24) is 14.9 Å². The molecule has 0 atom stereocenters. The molecule has 1 aromatic carbocycles. The molecule has 0 amide bonds. The Hall–Kier alpha value is -2.28. The molecule has 2 rings (SSSR count). The van der Waals surface area contributed by atoms with Crippen LogP contribution in [0, 0.1) is 4.77 Å². The lowest BCUT2D eigenvalue weighted by molar-refractivity contribution is 0.304. The van der Waals surface area contributed by atoms with Gasteiger partial charge in [-0.2, -0.15) is 14.9 Å². The summed E-state index contributed by atoms with van der Waals surface area (Å²) in [5.41, 5.74) is 0.454. The fourth-order valence-electron chi connectivity index (χ4n) is 2.71. The third-order valence-electron chi connectivity index (χ3n) is 4.30. The van der Waals surface area contributed by atoms with Crippen LogP contribution in [0.3, 0.4) is 0 Å². The Bertz CT molecular complexity index is 910. The van der Waals surface area contributed by atoms with Gasteiger partial charge in [0.25, 0.3) is 5.56 Å². The Morgan fingerprint density at radius 1 is 1.21 bits per heavy atom. The number of benzene rings is 1. The third-order valence-corrected chi connectivity index (χ3v) is 4.56. The highest BCUT2D eigenvalue weighted by molar-refractivity contribution is 7.71. The molecule has 0 aliphatic rings. The minimum atomic E-state index is -0.410. The van der Waals surface area contributed by atoms with Gasteiger partial charge in [-0.05, 0) is 30.8 Å². The van der Waals surface area contributed by atoms with Gasteiger partial charge in [0.15, 0.2) is 0 Å². The van der Waals surface area contributed by atoms with Gasteiger partial charge in [0, 0.05) is 11.0 Å². The topological polar surface area (TPSA) is 72.3 Å². The number of rotatable bonds is 9. The fraction of sp³-hybridized carbons (Fsp3) is 0.524. The highest BCUT2D eigenvalue weighted by Gasteiger charge is 2.21. The Labute approximate surface area is 171 Å². The summed E-state index contributed by atoms with van der Waals surface area (Å²) in [6, 6.07) is 7.64. The lowest BCUT2D eigenvalue weighted by atomic mass is 9.93. The van der Waals surface area contributed by atoms with E-state index < -0.39 is 5.41 Å². The van der Waals surface area contributed by atoms with Gasteiger partial charge in [-0.15, -0.1) is 0 Å². The van der Waals surface area contributed by atoms with Gasteiger partial charge < -0.3 is 4.74 Å². The van der Waals surface area contributed by atoms with Gasteiger partial charge in [-0.1, -0.05) is 65.5 Å². The number of para-hydroxylation sites is 1. The lowest BCUT2D eigenvalue weighted by Gasteiger charge is -2.16. The quantitative estimate of drug-likeness (QED) is 0.370. The van der Waals surface area contributed by atoms with Crippen molar-refractivity contribution in [3.8, 4) is 5.75 Å². The number of unbranched alkanes of at least 4 members (excludes halogenated alkanes) is 4. The van der Waals surface area contributed by atoms with Crippen molar-refractivity contribution in [1.29, 1.82) is 0 Å². The van der Waals surface area contributed by atoms with Gasteiger partial charge in [0.2, 0.25) is 4.77 Å². The zero-order chi connectivity index (χ0) is 20.6. The number of hydrogen-bond acceptors (Lipinski definition) is 5. The van der Waals surface area contributed by atoms with E-state index in [2.05, 4.69) is 22.2 Å². The minimum Gasteiger partial charge on any atom is -0.493 e. The molecule has 6 nitrogen and oxygen atoms in total. The van der Waals surface area contributed by atoms with Crippen LogP contribution in [-0.4, -0.2) is 27.7 Å². The van der Waals surface area contributed by atoms with Crippen LogP contribution in [0.5, 0.6) is 5.75 Å². The molecule has 0 radical (unpaired) electrons. The van der Waals surface area contributed by atoms with Gasteiger partial charge in [-0.25, -0.2) is 0 Å². The second-order valence-electron chi connectivity index (χ2n) is 7.79. The van der Waals surface area contributed by atoms with Gasteiger partial charge in [0.1, 0.15) is 11.4 Å². The Balaban J connectivity index is 2.17. The zero-order valence-corrected chi connectivity index (χ0v) is 18.0. The molecule has 0 unspecified atom stereocenters. The summed E-state index contributed by atoms with van der Waals surface area (Å²) in [7, 11) is 0. The largest absolute Gasteiger partial charge is 0.493 e. The lowest BCUT2D eigenvalue weighted by Crippen LogP contribution is -2.32. The molecule has 2 aromatic rings. The van der Waals surface area contributed by atoms with Crippen LogP contribution >= 0.6 is 12.2 Å². The van der Waals surface area contributed by atoms with Gasteiger partial charge in [-0.3, -0.25) is 9.89 Å². The summed E-state index contributed by atoms with van der Waals surface area (Å²) < 4.78 is 7.25. The Kier molecular flexibility index (Phi) is 8.11. The molecule has 1 aromatic heterocycles. The van der Waals surface area contributed by atoms with Crippen LogP contribution in [-0.2, 0) is 5.41 Å². The number of hydrogen-bond donors (Lipinski definition) is 1. The average Bonchev–Trinajstić information content (AvgIpc) is 2.64. The maximum absolute atomic E-state index is 12.7. The number of aromatic amines is 1. The summed E-state index contributed by atoms with van der Waals surface area (Å²) in [6.07, 6.45) is 7.53. The maximum Gasteiger partial charge on any atom is 0.297 e. The molecule has 152 valence electrons. The van der Waals surface area contributed by atoms with E-state index in [4.69, 9.17) is 17.0 Å². The van der Waals surface area contributed by atoms with Crippen molar-refractivity contribution < 1.29 is 4.74 Å². The zero-order valence-electron chi connectivity index (χ0n) is 17.2. The van der Waals surface area contributed by atoms with Crippen LogP contribution in [0.15, 0.2) is 34.2 Å². The Morgan fingerprint density at radius 3 is 2.64 bits per heavy atom. The second kappa shape index (κ2) is 10.3. The standard InChI is InChI=1S/C21H30N4O2S/c1-5-6-7-8-11-14-27-17-13-10-9-12-16(17)15-22-25-19(26)18(21(2,3)4)23-24-20(25)28/h9-10,12-13,15H,5-8,11,14H2,1-4H3,(H,24,28)/b22-15-. The van der Waals surface area contributed by atoms with E-state index in [9.17, 15) is 4.79 Å². The maximum atomic E-state index is 12.7. The van der Waals surface area contributed by atoms with Gasteiger partial charge in [0.05, 0.1) is 12.8 Å². The molecule has 0 saturated carbocycles. The second-order valence-corrected chi connectivity index (χ2v) is 8.18. The molecule has 1 N–H and O–H groups in total. The van der Waals surface area contributed by atoms with Crippen LogP contribution in [0.4, 0.5) is 0 Å². The highest BCUT2D eigenvalue weighted by Crippen LogP contribution is 2.17. The van der Waals surface area contributed by atoms with E-state index in [1.165, 1.54) is 30.4 Å². The molecule has 0 aliphatic heterocycles. The first-order valence-electron chi connectivity index (χ1n) is 9.83. The summed E-state index contributed by atoms with van der Waals surface area (Å²) >= 11 is 5.19. The average molecular weight is 403 g/mol. The fourth-order valence-corrected chi connectivity index (χ4v) is 2.89. The van der Waals surface area contributed by atoms with Crippen LogP contribution in [0.1, 0.15) is 71.1 Å². The van der Waals surface area contributed by atoms with E-state index in [0.717, 1.165) is 17.7 Å². The predicted octanol–water partition coefficient (Wildman–Crippen LogP) is 4.83. The van der Waals surface area contributed by atoms with E-state index in [-0.39, 0.29) is 10.3 Å². The summed E-state index contributed by atoms with van der Waals surface area (Å²) in [4.78, 5) is 12.7. The van der Waals surface area contributed by atoms with E-state index in [1.807, 2.05) is 45.0 Å². The summed E-state index contributed by atoms with van der Waals surface area (Å²) in [6.45, 7) is 8.64. The molecule has 7 heteroatoms. The van der Waals surface area contributed by atoms with E-state index >= 15 is 0 Å². The summed E-state index contributed by atoms with van der Waals surface area (Å²) in [5.74, 6) is 0.745. The van der Waals surface area contributed by atoms with Crippen molar-refractivity contribution in [2.45, 2.75) is 65.2 Å². The molecular formula is C21H30N4O2S. The molecule has 0 saturated heterocycles. The first-order chi connectivity index (χ1) is 13.3. The number of nitrogens with one attached hydrogen (secondary N) is 1. The molecule has 0 spiro atoms. The van der Waals surface area contributed by atoms with Crippen molar-refractivity contribution in [2.24, 2.45) is 5.10 Å². The molecule has 0 fully saturated rings. The highest BCUT2D eigenvalue weighted by atomic mass is 32.1. The van der Waals surface area contributed by atoms with Crippen LogP contribution in [0.2, 0.25) is 0 Å². The molecule has 28 heavy (non-hydrogen) atoms. The third kappa shape index (κ3) is 6.12. The molecule has 1 heterocycles. The van der Waals surface area contributed by atoms with Crippen molar-refractivity contribution in [2.75, 3.05) is 6.61 Å². The Morgan fingerprint density at radius 2 is 1.93 bits per heavy atom. The minimum absolute atomic E-state index is 0.156. The first-order valence-corrected chi connectivity index (χ1v) is 10.2. The van der Waals surface area contributed by atoms with Crippen LogP contribution in [0.25, 0.3) is 0 Å². The van der Waals surface area contributed by atoms with Crippen LogP contribution < -0.4 is 10.3 Å². The predicted molar refractivity (Wildman–Crippen MR) is 116 cm³/mol. The van der Waals surface area contributed by atoms with E-state index in [0.29, 0.717) is 12.3 Å². The molecule has 0 aliphatic carbocycles. The monoisotopic (exact) mass is 402 g/mol. The van der Waals surface area contributed by atoms with Crippen molar-refractivity contribution in [3.05, 3.63) is 50.6 Å². The normalized spacial score (nSPS) is 11.9. The van der Waals surface area contributed by atoms with E-state index in [1.54, 1.807) is 6.21 Å². The van der Waals surface area contributed by atoms with Crippen molar-refractivity contribution >= 4 is 18.4 Å². The SMILES string of the molecule is CCCCCCCOc1ccccc1/C=N\n1c(=S)[nH]nc(C(C)(C)C)c1=O. The number of aromatic nitrogens is 3. The number of ether oxygens (including phenoxy) is 1.